The molecule has 1 amide bonds. The standard InChI is InChI=1S/C11H20N3O7/c1-5(2)3-6(12)10(17)13-9(11(18)19)7(14(20)21)4-8(15)16/h5-7,9,20H,3-4,12H2,1-2H3,(H,13,17)(H,15,16)(H,18,19)/q-1/t6-,7-,9-/m0/s1. The molecule has 10 heteroatoms. The van der Waals surface area contributed by atoms with E-state index >= 15 is 0 Å². The molecule has 10 nitrogen and oxygen atoms in total. The highest BCUT2D eigenvalue weighted by molar-refractivity contribution is 5.87. The third-order valence-corrected chi connectivity index (χ3v) is 2.68. The van der Waals surface area contributed by atoms with Crippen molar-refractivity contribution >= 4 is 17.8 Å². The first kappa shape index (κ1) is 19.2. The van der Waals surface area contributed by atoms with Gasteiger partial charge in [0.15, 0.2) is 0 Å². The van der Waals surface area contributed by atoms with E-state index < -0.39 is 47.6 Å². The first-order valence-corrected chi connectivity index (χ1v) is 6.22. The van der Waals surface area contributed by atoms with Crippen LogP contribution in [0.5, 0.6) is 0 Å². The molecule has 0 bridgehead atoms. The summed E-state index contributed by atoms with van der Waals surface area (Å²) in [5.74, 6) is -3.91. The summed E-state index contributed by atoms with van der Waals surface area (Å²) in [6, 6.07) is -4.76. The highest BCUT2D eigenvalue weighted by atomic mass is 16.8. The molecule has 0 unspecified atom stereocenters. The van der Waals surface area contributed by atoms with Gasteiger partial charge in [0.05, 0.1) is 18.5 Å². The third kappa shape index (κ3) is 6.99. The number of carboxylic acids is 2. The molecular formula is C11H20N3O7-. The summed E-state index contributed by atoms with van der Waals surface area (Å²) in [6.45, 7) is 3.62. The average Bonchev–Trinajstić information content (AvgIpc) is 2.31. The molecule has 6 N–H and O–H groups in total. The zero-order valence-corrected chi connectivity index (χ0v) is 11.7. The second-order valence-electron chi connectivity index (χ2n) is 5.03. The topological polar surface area (TPSA) is 176 Å². The highest BCUT2D eigenvalue weighted by Crippen LogP contribution is 2.09. The molecule has 0 aliphatic rings. The number of nitrogens with zero attached hydrogens (tertiary/aromatic N) is 1. The van der Waals surface area contributed by atoms with Gasteiger partial charge in [0, 0.05) is 0 Å². The maximum atomic E-state index is 11.8. The molecule has 0 fully saturated rings. The fourth-order valence-corrected chi connectivity index (χ4v) is 1.70. The molecular weight excluding hydrogens is 286 g/mol. The molecule has 0 aromatic carbocycles. The van der Waals surface area contributed by atoms with Crippen LogP contribution in [0, 0.1) is 11.1 Å². The Kier molecular flexibility index (Phi) is 7.81. The van der Waals surface area contributed by atoms with Crippen LogP contribution in [0.2, 0.25) is 0 Å². The third-order valence-electron chi connectivity index (χ3n) is 2.68. The molecule has 0 aromatic heterocycles. The maximum Gasteiger partial charge on any atom is 0.327 e. The Morgan fingerprint density at radius 3 is 2.14 bits per heavy atom. The Labute approximate surface area is 121 Å². The summed E-state index contributed by atoms with van der Waals surface area (Å²) in [5, 5.41) is 38.6. The van der Waals surface area contributed by atoms with Crippen LogP contribution in [0.15, 0.2) is 0 Å². The number of rotatable bonds is 9. The van der Waals surface area contributed by atoms with Gasteiger partial charge in [-0.15, -0.1) is 0 Å². The lowest BCUT2D eigenvalue weighted by Gasteiger charge is -2.34. The summed E-state index contributed by atoms with van der Waals surface area (Å²) in [4.78, 5) is 33.4. The van der Waals surface area contributed by atoms with Crippen molar-refractivity contribution in [3.05, 3.63) is 5.21 Å². The van der Waals surface area contributed by atoms with E-state index in [0.29, 0.717) is 0 Å². The lowest BCUT2D eigenvalue weighted by atomic mass is 10.0. The van der Waals surface area contributed by atoms with Crippen molar-refractivity contribution in [1.82, 2.24) is 10.5 Å². The summed E-state index contributed by atoms with van der Waals surface area (Å²) in [6.07, 6.45) is -0.682. The second kappa shape index (κ2) is 8.52. The maximum absolute atomic E-state index is 11.8. The minimum Gasteiger partial charge on any atom is -0.762 e. The van der Waals surface area contributed by atoms with Gasteiger partial charge in [-0.05, 0) is 12.3 Å². The van der Waals surface area contributed by atoms with Crippen LogP contribution in [-0.2, 0) is 14.4 Å². The summed E-state index contributed by atoms with van der Waals surface area (Å²) < 4.78 is 0. The summed E-state index contributed by atoms with van der Waals surface area (Å²) >= 11 is 0. The zero-order valence-electron chi connectivity index (χ0n) is 11.7. The van der Waals surface area contributed by atoms with Gasteiger partial charge in [0.25, 0.3) is 0 Å². The number of nitrogens with one attached hydrogen (secondary N) is 1. The van der Waals surface area contributed by atoms with Gasteiger partial charge in [-0.1, -0.05) is 13.8 Å². The van der Waals surface area contributed by atoms with Crippen molar-refractivity contribution < 1.29 is 29.8 Å². The summed E-state index contributed by atoms with van der Waals surface area (Å²) in [7, 11) is 0. The minimum absolute atomic E-state index is 0.0812. The zero-order chi connectivity index (χ0) is 16.7. The minimum atomic E-state index is -1.89. The average molecular weight is 306 g/mol. The predicted molar refractivity (Wildman–Crippen MR) is 70.0 cm³/mol. The number of carbonyl (C=O) groups is 3. The summed E-state index contributed by atoms with van der Waals surface area (Å²) in [5.41, 5.74) is 5.57. The fourth-order valence-electron chi connectivity index (χ4n) is 1.70. The number of nitrogens with two attached hydrogens (primary N) is 1. The lowest BCUT2D eigenvalue weighted by molar-refractivity contribution is -0.156. The largest absolute Gasteiger partial charge is 0.762 e. The van der Waals surface area contributed by atoms with Gasteiger partial charge < -0.3 is 31.7 Å². The van der Waals surface area contributed by atoms with Gasteiger partial charge >= 0.3 is 11.9 Å². The Morgan fingerprint density at radius 1 is 1.29 bits per heavy atom. The highest BCUT2D eigenvalue weighted by Gasteiger charge is 2.33. The molecule has 0 aromatic rings. The number of hydroxylamine groups is 2. The van der Waals surface area contributed by atoms with E-state index in [-0.39, 0.29) is 12.3 Å². The van der Waals surface area contributed by atoms with Gasteiger partial charge in [0.2, 0.25) is 5.91 Å². The van der Waals surface area contributed by atoms with Gasteiger partial charge in [-0.25, -0.2) is 4.79 Å². The van der Waals surface area contributed by atoms with Crippen molar-refractivity contribution in [2.24, 2.45) is 11.7 Å². The quantitative estimate of drug-likeness (QED) is 0.333. The number of hydrogen-bond donors (Lipinski definition) is 5. The first-order chi connectivity index (χ1) is 9.56. The van der Waals surface area contributed by atoms with Crippen LogP contribution in [-0.4, -0.2) is 56.6 Å². The Bertz CT molecular complexity index is 386. The van der Waals surface area contributed by atoms with E-state index in [4.69, 9.17) is 21.2 Å². The molecule has 0 spiro atoms. The molecule has 0 saturated heterocycles. The van der Waals surface area contributed by atoms with Gasteiger partial charge in [0.1, 0.15) is 6.04 Å². The fraction of sp³-hybridized carbons (Fsp3) is 0.727. The van der Waals surface area contributed by atoms with Crippen molar-refractivity contribution in [2.45, 2.75) is 44.8 Å². The van der Waals surface area contributed by atoms with Gasteiger partial charge in [-0.2, -0.15) is 0 Å². The van der Waals surface area contributed by atoms with E-state index in [1.54, 1.807) is 0 Å². The van der Waals surface area contributed by atoms with E-state index in [2.05, 4.69) is 0 Å². The molecule has 0 radical (unpaired) electrons. The Balaban J connectivity index is 5.00. The predicted octanol–water partition coefficient (Wildman–Crippen LogP) is -1.04. The van der Waals surface area contributed by atoms with Crippen LogP contribution < -0.4 is 11.1 Å². The van der Waals surface area contributed by atoms with Crippen molar-refractivity contribution in [3.63, 3.8) is 0 Å². The van der Waals surface area contributed by atoms with Crippen molar-refractivity contribution in [3.8, 4) is 0 Å². The van der Waals surface area contributed by atoms with E-state index in [1.165, 1.54) is 0 Å². The van der Waals surface area contributed by atoms with Crippen molar-refractivity contribution in [1.29, 1.82) is 0 Å². The number of carbonyl (C=O) groups excluding carboxylic acids is 1. The molecule has 0 rings (SSSR count). The second-order valence-corrected chi connectivity index (χ2v) is 5.03. The Hall–Kier alpha value is -1.75. The number of hydrogen-bond acceptors (Lipinski definition) is 7. The number of amides is 1. The molecule has 3 atom stereocenters. The van der Waals surface area contributed by atoms with Crippen LogP contribution in [0.25, 0.3) is 0 Å². The molecule has 122 valence electrons. The van der Waals surface area contributed by atoms with E-state index in [1.807, 2.05) is 19.2 Å². The van der Waals surface area contributed by atoms with E-state index in [0.717, 1.165) is 0 Å². The lowest BCUT2D eigenvalue weighted by Crippen LogP contribution is -2.57. The molecule has 0 saturated carbocycles. The van der Waals surface area contributed by atoms with Gasteiger partial charge in [-0.3, -0.25) is 14.8 Å². The number of carboxylic acid groups (broad SMARTS) is 2. The molecule has 0 aliphatic carbocycles. The van der Waals surface area contributed by atoms with Crippen LogP contribution >= 0.6 is 0 Å². The van der Waals surface area contributed by atoms with E-state index in [9.17, 15) is 19.6 Å². The number of aliphatic carboxylic acids is 2. The van der Waals surface area contributed by atoms with Crippen LogP contribution in [0.4, 0.5) is 0 Å². The normalized spacial score (nSPS) is 15.6. The van der Waals surface area contributed by atoms with Crippen LogP contribution in [0.1, 0.15) is 26.7 Å². The monoisotopic (exact) mass is 306 g/mol. The Morgan fingerprint density at radius 2 is 1.81 bits per heavy atom. The molecule has 0 aliphatic heterocycles. The van der Waals surface area contributed by atoms with Crippen LogP contribution in [0.3, 0.4) is 0 Å². The SMILES string of the molecule is CC(C)C[C@H](N)C(=O)N[C@H](C(=O)O)[C@H](CC(=O)O)N([O-])O. The first-order valence-electron chi connectivity index (χ1n) is 6.22. The molecule has 0 heterocycles. The van der Waals surface area contributed by atoms with Crippen molar-refractivity contribution in [2.75, 3.05) is 0 Å². The smallest absolute Gasteiger partial charge is 0.327 e. The molecule has 21 heavy (non-hydrogen) atoms.